The van der Waals surface area contributed by atoms with Crippen molar-refractivity contribution in [2.75, 3.05) is 11.9 Å². The highest BCUT2D eigenvalue weighted by Crippen LogP contribution is 2.22. The minimum atomic E-state index is -0.428. The van der Waals surface area contributed by atoms with Crippen molar-refractivity contribution in [2.45, 2.75) is 6.92 Å². The average Bonchev–Trinajstić information content (AvgIpc) is 2.54. The Bertz CT molecular complexity index is 944. The summed E-state index contributed by atoms with van der Waals surface area (Å²) < 4.78 is 10.6. The molecule has 122 valence electrons. The number of aromatic hydroxyl groups is 1. The summed E-state index contributed by atoms with van der Waals surface area (Å²) in [6.07, 6.45) is 0. The molecule has 1 heterocycles. The van der Waals surface area contributed by atoms with Gasteiger partial charge >= 0.3 is 5.63 Å². The number of anilines is 1. The fourth-order valence-electron chi connectivity index (χ4n) is 2.29. The van der Waals surface area contributed by atoms with E-state index in [2.05, 4.69) is 5.32 Å². The topological polar surface area (TPSA) is 88.8 Å². The van der Waals surface area contributed by atoms with Gasteiger partial charge in [-0.15, -0.1) is 0 Å². The largest absolute Gasteiger partial charge is 0.508 e. The summed E-state index contributed by atoms with van der Waals surface area (Å²) in [5.41, 5.74) is 1.36. The number of hydrogen-bond acceptors (Lipinski definition) is 5. The van der Waals surface area contributed by atoms with Crippen molar-refractivity contribution in [1.29, 1.82) is 0 Å². The maximum atomic E-state index is 11.9. The molecule has 6 nitrogen and oxygen atoms in total. The summed E-state index contributed by atoms with van der Waals surface area (Å²) in [6, 6.07) is 12.6. The SMILES string of the molecule is Cc1cc(=O)oc2cc(OCC(=O)Nc3ccc(O)cc3)ccc12. The van der Waals surface area contributed by atoms with Gasteiger partial charge in [0, 0.05) is 23.2 Å². The van der Waals surface area contributed by atoms with Gasteiger partial charge in [0.15, 0.2) is 6.61 Å². The first-order valence-electron chi connectivity index (χ1n) is 7.27. The molecule has 0 atom stereocenters. The molecule has 0 unspecified atom stereocenters. The number of ether oxygens (including phenoxy) is 1. The minimum absolute atomic E-state index is 0.122. The first-order valence-corrected chi connectivity index (χ1v) is 7.27. The second kappa shape index (κ2) is 6.45. The van der Waals surface area contributed by atoms with E-state index in [0.29, 0.717) is 17.0 Å². The van der Waals surface area contributed by atoms with Crippen molar-refractivity contribution < 1.29 is 19.1 Å². The molecule has 0 aliphatic rings. The second-order valence-corrected chi connectivity index (χ2v) is 5.29. The van der Waals surface area contributed by atoms with Crippen molar-refractivity contribution >= 4 is 22.6 Å². The number of benzene rings is 2. The maximum absolute atomic E-state index is 11.9. The van der Waals surface area contributed by atoms with E-state index in [-0.39, 0.29) is 18.3 Å². The number of rotatable bonds is 4. The molecule has 0 saturated carbocycles. The zero-order valence-corrected chi connectivity index (χ0v) is 12.9. The van der Waals surface area contributed by atoms with Crippen LogP contribution < -0.4 is 15.7 Å². The summed E-state index contributed by atoms with van der Waals surface area (Å²) >= 11 is 0. The van der Waals surface area contributed by atoms with Crippen molar-refractivity contribution in [3.63, 3.8) is 0 Å². The van der Waals surface area contributed by atoms with Gasteiger partial charge in [-0.05, 0) is 48.9 Å². The number of nitrogens with one attached hydrogen (secondary N) is 1. The smallest absolute Gasteiger partial charge is 0.336 e. The number of carbonyl (C=O) groups excluding carboxylic acids is 1. The Morgan fingerprint density at radius 1 is 1.17 bits per heavy atom. The predicted molar refractivity (Wildman–Crippen MR) is 89.5 cm³/mol. The Morgan fingerprint density at radius 3 is 2.67 bits per heavy atom. The third kappa shape index (κ3) is 3.55. The normalized spacial score (nSPS) is 10.5. The van der Waals surface area contributed by atoms with Gasteiger partial charge in [0.25, 0.3) is 5.91 Å². The number of carbonyl (C=O) groups is 1. The molecule has 1 amide bonds. The number of aryl methyl sites for hydroxylation is 1. The lowest BCUT2D eigenvalue weighted by atomic mass is 10.1. The van der Waals surface area contributed by atoms with Crippen molar-refractivity contribution in [3.8, 4) is 11.5 Å². The highest BCUT2D eigenvalue weighted by molar-refractivity contribution is 5.92. The quantitative estimate of drug-likeness (QED) is 0.569. The maximum Gasteiger partial charge on any atom is 0.336 e. The Balaban J connectivity index is 1.67. The van der Waals surface area contributed by atoms with E-state index >= 15 is 0 Å². The van der Waals surface area contributed by atoms with Crippen LogP contribution in [0, 0.1) is 6.92 Å². The minimum Gasteiger partial charge on any atom is -0.508 e. The predicted octanol–water partition coefficient (Wildman–Crippen LogP) is 2.82. The Labute approximate surface area is 137 Å². The summed E-state index contributed by atoms with van der Waals surface area (Å²) in [4.78, 5) is 23.3. The molecule has 0 bridgehead atoms. The number of fused-ring (bicyclic) bond motifs is 1. The van der Waals surface area contributed by atoms with Crippen LogP contribution in [0.25, 0.3) is 11.0 Å². The van der Waals surface area contributed by atoms with Gasteiger partial charge in [0.05, 0.1) is 0 Å². The molecule has 6 heteroatoms. The van der Waals surface area contributed by atoms with Gasteiger partial charge in [-0.3, -0.25) is 4.79 Å². The first kappa shape index (κ1) is 15.6. The molecule has 2 aromatic carbocycles. The summed E-state index contributed by atoms with van der Waals surface area (Å²) in [5.74, 6) is 0.209. The van der Waals surface area contributed by atoms with Crippen LogP contribution in [0.15, 0.2) is 57.7 Å². The molecule has 24 heavy (non-hydrogen) atoms. The lowest BCUT2D eigenvalue weighted by Crippen LogP contribution is -2.20. The Kier molecular flexibility index (Phi) is 4.20. The molecule has 0 fully saturated rings. The third-order valence-corrected chi connectivity index (χ3v) is 3.44. The molecular formula is C18H15NO5. The van der Waals surface area contributed by atoms with Gasteiger partial charge in [0.2, 0.25) is 0 Å². The van der Waals surface area contributed by atoms with E-state index in [0.717, 1.165) is 10.9 Å². The number of phenolic OH excluding ortho intramolecular Hbond substituents is 1. The van der Waals surface area contributed by atoms with Crippen LogP contribution in [0.5, 0.6) is 11.5 Å². The average molecular weight is 325 g/mol. The Hall–Kier alpha value is -3.28. The monoisotopic (exact) mass is 325 g/mol. The molecule has 3 aromatic rings. The lowest BCUT2D eigenvalue weighted by Gasteiger charge is -2.08. The fraction of sp³-hybridized carbons (Fsp3) is 0.111. The summed E-state index contributed by atoms with van der Waals surface area (Å²) in [7, 11) is 0. The van der Waals surface area contributed by atoms with Crippen LogP contribution in [-0.2, 0) is 4.79 Å². The molecular weight excluding hydrogens is 310 g/mol. The number of amides is 1. The van der Waals surface area contributed by atoms with E-state index in [1.807, 2.05) is 6.92 Å². The Morgan fingerprint density at radius 2 is 1.92 bits per heavy atom. The second-order valence-electron chi connectivity index (χ2n) is 5.29. The van der Waals surface area contributed by atoms with Crippen molar-refractivity contribution in [1.82, 2.24) is 0 Å². The van der Waals surface area contributed by atoms with Crippen LogP contribution in [0.3, 0.4) is 0 Å². The van der Waals surface area contributed by atoms with E-state index in [9.17, 15) is 14.7 Å². The van der Waals surface area contributed by atoms with Crippen LogP contribution in [-0.4, -0.2) is 17.6 Å². The summed E-state index contributed by atoms with van der Waals surface area (Å²) in [5, 5.41) is 12.7. The zero-order chi connectivity index (χ0) is 17.1. The highest BCUT2D eigenvalue weighted by Gasteiger charge is 2.07. The molecule has 0 aliphatic heterocycles. The van der Waals surface area contributed by atoms with Crippen molar-refractivity contribution in [2.24, 2.45) is 0 Å². The van der Waals surface area contributed by atoms with E-state index in [4.69, 9.17) is 9.15 Å². The van der Waals surface area contributed by atoms with Crippen LogP contribution in [0.2, 0.25) is 0 Å². The molecule has 2 N–H and O–H groups in total. The fourth-order valence-corrected chi connectivity index (χ4v) is 2.29. The highest BCUT2D eigenvalue weighted by atomic mass is 16.5. The van der Waals surface area contributed by atoms with E-state index < -0.39 is 5.63 Å². The number of phenols is 1. The number of hydrogen-bond donors (Lipinski definition) is 2. The summed E-state index contributed by atoms with van der Waals surface area (Å²) in [6.45, 7) is 1.63. The van der Waals surface area contributed by atoms with E-state index in [1.165, 1.54) is 18.2 Å². The zero-order valence-electron chi connectivity index (χ0n) is 12.9. The van der Waals surface area contributed by atoms with Crippen LogP contribution >= 0.6 is 0 Å². The van der Waals surface area contributed by atoms with Gasteiger partial charge in [-0.1, -0.05) is 0 Å². The molecule has 0 spiro atoms. The molecule has 3 rings (SSSR count). The van der Waals surface area contributed by atoms with Gasteiger partial charge in [0.1, 0.15) is 17.1 Å². The van der Waals surface area contributed by atoms with E-state index in [1.54, 1.807) is 30.3 Å². The van der Waals surface area contributed by atoms with Crippen LogP contribution in [0.4, 0.5) is 5.69 Å². The van der Waals surface area contributed by atoms with Crippen LogP contribution in [0.1, 0.15) is 5.56 Å². The van der Waals surface area contributed by atoms with Crippen molar-refractivity contribution in [3.05, 3.63) is 64.5 Å². The van der Waals surface area contributed by atoms with Gasteiger partial charge in [-0.2, -0.15) is 0 Å². The molecule has 0 aliphatic carbocycles. The molecule has 0 radical (unpaired) electrons. The van der Waals surface area contributed by atoms with Gasteiger partial charge in [-0.25, -0.2) is 4.79 Å². The molecule has 0 saturated heterocycles. The molecule has 1 aromatic heterocycles. The first-order chi connectivity index (χ1) is 11.5. The third-order valence-electron chi connectivity index (χ3n) is 3.44. The van der Waals surface area contributed by atoms with Gasteiger partial charge < -0.3 is 19.6 Å². The standard InChI is InChI=1S/C18H15NO5/c1-11-8-18(22)24-16-9-14(6-7-15(11)16)23-10-17(21)19-12-2-4-13(20)5-3-12/h2-9,20H,10H2,1H3,(H,19,21). The lowest BCUT2D eigenvalue weighted by molar-refractivity contribution is -0.118.